The van der Waals surface area contributed by atoms with Crippen molar-refractivity contribution in [3.63, 3.8) is 0 Å². The summed E-state index contributed by atoms with van der Waals surface area (Å²) in [6, 6.07) is 0. The predicted octanol–water partition coefficient (Wildman–Crippen LogP) is -0.196. The van der Waals surface area contributed by atoms with Gasteiger partial charge in [0.1, 0.15) is 0 Å². The summed E-state index contributed by atoms with van der Waals surface area (Å²) in [5, 5.41) is 11.2. The zero-order valence-electron chi connectivity index (χ0n) is 20.1. The standard InChI is InChI=1S/C22H43NO10/c1-21(2)22(25)23-3-5-26-7-9-28-11-13-30-15-17-32-19-20-33-18-16-31-14-12-29-10-8-27-6-4-24/h24H,1,3-20H2,2H3,(H,23,25). The van der Waals surface area contributed by atoms with Gasteiger partial charge in [-0.2, -0.15) is 0 Å². The van der Waals surface area contributed by atoms with E-state index < -0.39 is 0 Å². The van der Waals surface area contributed by atoms with Crippen LogP contribution in [0.15, 0.2) is 12.2 Å². The van der Waals surface area contributed by atoms with E-state index in [2.05, 4.69) is 11.9 Å². The Morgan fingerprint density at radius 2 is 0.848 bits per heavy atom. The van der Waals surface area contributed by atoms with Crippen LogP contribution in [0.1, 0.15) is 6.92 Å². The number of amides is 1. The summed E-state index contributed by atoms with van der Waals surface area (Å²) in [5.41, 5.74) is 0.482. The molecule has 0 aliphatic carbocycles. The monoisotopic (exact) mass is 481 g/mol. The van der Waals surface area contributed by atoms with Gasteiger partial charge < -0.3 is 48.3 Å². The molecule has 0 unspecified atom stereocenters. The van der Waals surface area contributed by atoms with Crippen LogP contribution in [-0.4, -0.2) is 130 Å². The predicted molar refractivity (Wildman–Crippen MR) is 121 cm³/mol. The van der Waals surface area contributed by atoms with Crippen LogP contribution in [-0.2, 0) is 42.7 Å². The molecule has 0 aliphatic rings. The van der Waals surface area contributed by atoms with E-state index >= 15 is 0 Å². The van der Waals surface area contributed by atoms with Gasteiger partial charge in [-0.05, 0) is 6.92 Å². The summed E-state index contributed by atoms with van der Waals surface area (Å²) in [4.78, 5) is 11.2. The fraction of sp³-hybridized carbons (Fsp3) is 0.864. The first-order chi connectivity index (χ1) is 16.2. The normalized spacial score (nSPS) is 11.1. The molecule has 0 atom stereocenters. The summed E-state index contributed by atoms with van der Waals surface area (Å²) in [7, 11) is 0. The number of carbonyl (C=O) groups is 1. The van der Waals surface area contributed by atoms with Crippen LogP contribution in [0.4, 0.5) is 0 Å². The van der Waals surface area contributed by atoms with Crippen molar-refractivity contribution in [2.75, 3.05) is 119 Å². The fourth-order valence-corrected chi connectivity index (χ4v) is 2.09. The molecule has 11 heteroatoms. The Hall–Kier alpha value is -1.15. The Balaban J connectivity index is 3.05. The maximum absolute atomic E-state index is 11.2. The molecular weight excluding hydrogens is 438 g/mol. The van der Waals surface area contributed by atoms with Gasteiger partial charge >= 0.3 is 0 Å². The first-order valence-corrected chi connectivity index (χ1v) is 11.3. The third-order valence-electron chi connectivity index (χ3n) is 3.76. The van der Waals surface area contributed by atoms with Crippen molar-refractivity contribution in [1.82, 2.24) is 5.32 Å². The quantitative estimate of drug-likeness (QED) is 0.120. The number of nitrogens with one attached hydrogen (secondary N) is 1. The van der Waals surface area contributed by atoms with Gasteiger partial charge in [-0.25, -0.2) is 0 Å². The molecule has 1 amide bonds. The van der Waals surface area contributed by atoms with Gasteiger partial charge in [0.2, 0.25) is 5.91 Å². The van der Waals surface area contributed by atoms with Gasteiger partial charge in [-0.1, -0.05) is 6.58 Å². The van der Waals surface area contributed by atoms with Gasteiger partial charge in [0, 0.05) is 12.1 Å². The zero-order valence-corrected chi connectivity index (χ0v) is 20.1. The summed E-state index contributed by atoms with van der Waals surface area (Å²) in [6.07, 6.45) is 0. The third-order valence-corrected chi connectivity index (χ3v) is 3.76. The highest BCUT2D eigenvalue weighted by atomic mass is 16.6. The highest BCUT2D eigenvalue weighted by Crippen LogP contribution is 1.87. The van der Waals surface area contributed by atoms with Crippen molar-refractivity contribution in [2.45, 2.75) is 6.92 Å². The van der Waals surface area contributed by atoms with Crippen LogP contribution in [0.3, 0.4) is 0 Å². The molecule has 0 heterocycles. The molecule has 11 nitrogen and oxygen atoms in total. The maximum atomic E-state index is 11.2. The minimum Gasteiger partial charge on any atom is -0.394 e. The molecule has 0 rings (SSSR count). The maximum Gasteiger partial charge on any atom is 0.246 e. The first kappa shape index (κ1) is 31.9. The molecule has 0 aromatic carbocycles. The van der Waals surface area contributed by atoms with E-state index in [0.717, 1.165) is 0 Å². The summed E-state index contributed by atoms with van der Waals surface area (Å²) < 4.78 is 42.7. The van der Waals surface area contributed by atoms with Crippen molar-refractivity contribution >= 4 is 5.91 Å². The van der Waals surface area contributed by atoms with E-state index in [4.69, 9.17) is 43.0 Å². The molecule has 196 valence electrons. The lowest BCUT2D eigenvalue weighted by molar-refractivity contribution is -0.117. The molecule has 0 aromatic heterocycles. The Bertz CT molecular complexity index is 439. The van der Waals surface area contributed by atoms with E-state index in [1.807, 2.05) is 0 Å². The largest absolute Gasteiger partial charge is 0.394 e. The molecule has 2 N–H and O–H groups in total. The molecule has 0 saturated carbocycles. The third kappa shape index (κ3) is 27.0. The molecule has 33 heavy (non-hydrogen) atoms. The van der Waals surface area contributed by atoms with E-state index in [1.165, 1.54) is 0 Å². The number of hydrogen-bond acceptors (Lipinski definition) is 10. The van der Waals surface area contributed by atoms with Crippen molar-refractivity contribution in [3.05, 3.63) is 12.2 Å². The molecule has 0 radical (unpaired) electrons. The van der Waals surface area contributed by atoms with Gasteiger partial charge in [0.15, 0.2) is 0 Å². The lowest BCUT2D eigenvalue weighted by Crippen LogP contribution is -2.27. The second-order valence-corrected chi connectivity index (χ2v) is 6.66. The number of hydrogen-bond donors (Lipinski definition) is 2. The average Bonchev–Trinajstić information content (AvgIpc) is 2.81. The number of aliphatic hydroxyl groups is 1. The highest BCUT2D eigenvalue weighted by molar-refractivity contribution is 5.91. The molecule has 0 saturated heterocycles. The summed E-state index contributed by atoms with van der Waals surface area (Å²) >= 11 is 0. The van der Waals surface area contributed by atoms with Crippen molar-refractivity contribution in [3.8, 4) is 0 Å². The Labute approximate surface area is 197 Å². The topological polar surface area (TPSA) is 123 Å². The number of ether oxygens (including phenoxy) is 8. The van der Waals surface area contributed by atoms with Crippen LogP contribution in [0.25, 0.3) is 0 Å². The minimum absolute atomic E-state index is 0.0250. The molecule has 0 fully saturated rings. The van der Waals surface area contributed by atoms with E-state index in [9.17, 15) is 4.79 Å². The van der Waals surface area contributed by atoms with E-state index in [1.54, 1.807) is 6.92 Å². The lowest BCUT2D eigenvalue weighted by atomic mass is 10.3. The minimum atomic E-state index is -0.162. The van der Waals surface area contributed by atoms with Crippen LogP contribution in [0.2, 0.25) is 0 Å². The van der Waals surface area contributed by atoms with Crippen LogP contribution in [0.5, 0.6) is 0 Å². The van der Waals surface area contributed by atoms with Crippen molar-refractivity contribution in [1.29, 1.82) is 0 Å². The van der Waals surface area contributed by atoms with Gasteiger partial charge in [0.25, 0.3) is 0 Å². The highest BCUT2D eigenvalue weighted by Gasteiger charge is 1.99. The van der Waals surface area contributed by atoms with E-state index in [0.29, 0.717) is 118 Å². The van der Waals surface area contributed by atoms with Gasteiger partial charge in [-0.15, -0.1) is 0 Å². The van der Waals surface area contributed by atoms with Gasteiger partial charge in [-0.3, -0.25) is 4.79 Å². The van der Waals surface area contributed by atoms with Crippen LogP contribution >= 0.6 is 0 Å². The Kier molecular flexibility index (Phi) is 26.2. The van der Waals surface area contributed by atoms with E-state index in [-0.39, 0.29) is 12.5 Å². The second kappa shape index (κ2) is 27.1. The zero-order chi connectivity index (χ0) is 24.2. The summed E-state index contributed by atoms with van der Waals surface area (Å²) in [6.45, 7) is 13.4. The number of aliphatic hydroxyl groups excluding tert-OH is 1. The first-order valence-electron chi connectivity index (χ1n) is 11.3. The van der Waals surface area contributed by atoms with Crippen LogP contribution in [0, 0.1) is 0 Å². The number of carbonyl (C=O) groups excluding carboxylic acids is 1. The smallest absolute Gasteiger partial charge is 0.246 e. The Morgan fingerprint density at radius 1 is 0.576 bits per heavy atom. The average molecular weight is 482 g/mol. The SMILES string of the molecule is C=C(C)C(=O)NCCOCCOCCOCCOCCOCCOCCOCCOCCO. The second-order valence-electron chi connectivity index (χ2n) is 6.66. The Morgan fingerprint density at radius 3 is 1.12 bits per heavy atom. The lowest BCUT2D eigenvalue weighted by Gasteiger charge is -2.09. The molecule has 0 bridgehead atoms. The molecule has 0 spiro atoms. The van der Waals surface area contributed by atoms with Crippen molar-refractivity contribution < 1.29 is 47.8 Å². The molecule has 0 aromatic rings. The fourth-order valence-electron chi connectivity index (χ4n) is 2.09. The number of rotatable bonds is 27. The summed E-state index contributed by atoms with van der Waals surface area (Å²) in [5.74, 6) is -0.162. The molecular formula is C22H43NO10. The van der Waals surface area contributed by atoms with Gasteiger partial charge in [0.05, 0.1) is 112 Å². The molecule has 0 aliphatic heterocycles. The van der Waals surface area contributed by atoms with Crippen LogP contribution < -0.4 is 5.32 Å². The van der Waals surface area contributed by atoms with Crippen molar-refractivity contribution in [2.24, 2.45) is 0 Å².